The van der Waals surface area contributed by atoms with Gasteiger partial charge < -0.3 is 15.8 Å². The summed E-state index contributed by atoms with van der Waals surface area (Å²) in [5, 5.41) is 5.25. The maximum Gasteiger partial charge on any atom is 0.188 e. The van der Waals surface area contributed by atoms with E-state index >= 15 is 0 Å². The van der Waals surface area contributed by atoms with E-state index in [2.05, 4.69) is 66.8 Å². The van der Waals surface area contributed by atoms with Crippen LogP contribution in [-0.4, -0.2) is 18.1 Å². The number of halogens is 1. The number of benzene rings is 1. The van der Waals surface area contributed by atoms with Gasteiger partial charge in [-0.15, -0.1) is 35.3 Å². The fourth-order valence-corrected chi connectivity index (χ4v) is 2.83. The van der Waals surface area contributed by atoms with Crippen LogP contribution in [-0.2, 0) is 24.3 Å². The highest BCUT2D eigenvalue weighted by atomic mass is 127. The Hall–Kier alpha value is -1.12. The van der Waals surface area contributed by atoms with E-state index in [1.54, 1.807) is 11.3 Å². The van der Waals surface area contributed by atoms with Crippen molar-refractivity contribution in [1.82, 2.24) is 5.32 Å². The van der Waals surface area contributed by atoms with Crippen molar-refractivity contribution in [2.24, 2.45) is 10.7 Å². The van der Waals surface area contributed by atoms with Crippen LogP contribution >= 0.6 is 35.3 Å². The van der Waals surface area contributed by atoms with Gasteiger partial charge in [-0.05, 0) is 49.8 Å². The first-order chi connectivity index (χ1) is 11.4. The second-order valence-electron chi connectivity index (χ2n) is 6.68. The van der Waals surface area contributed by atoms with E-state index in [1.165, 1.54) is 4.88 Å². The zero-order chi connectivity index (χ0) is 17.4. The topological polar surface area (TPSA) is 59.6 Å². The summed E-state index contributed by atoms with van der Waals surface area (Å²) < 4.78 is 5.81. The minimum absolute atomic E-state index is 0. The highest BCUT2D eigenvalue weighted by Gasteiger charge is 2.10. The van der Waals surface area contributed by atoms with Gasteiger partial charge in [0, 0.05) is 11.4 Å². The number of thiophene rings is 1. The lowest BCUT2D eigenvalue weighted by molar-refractivity contribution is -0.0149. The van der Waals surface area contributed by atoms with Crippen molar-refractivity contribution in [1.29, 1.82) is 0 Å². The fourth-order valence-electron chi connectivity index (χ4n) is 2.12. The number of nitrogens with zero attached hydrogens (tertiary/aromatic N) is 1. The summed E-state index contributed by atoms with van der Waals surface area (Å²) in [7, 11) is 0. The number of guanidine groups is 1. The predicted octanol–water partition coefficient (Wildman–Crippen LogP) is 4.33. The maximum absolute atomic E-state index is 5.93. The molecule has 1 aromatic heterocycles. The Morgan fingerprint density at radius 1 is 1.20 bits per heavy atom. The molecule has 0 spiro atoms. The molecule has 0 radical (unpaired) electrons. The zero-order valence-corrected chi connectivity index (χ0v) is 18.3. The Labute approximate surface area is 171 Å². The van der Waals surface area contributed by atoms with E-state index in [4.69, 9.17) is 10.5 Å². The molecular weight excluding hydrogens is 445 g/mol. The Balaban J connectivity index is 0.00000312. The van der Waals surface area contributed by atoms with Crippen LogP contribution in [0.3, 0.4) is 0 Å². The molecule has 138 valence electrons. The lowest BCUT2D eigenvalue weighted by Gasteiger charge is -2.19. The summed E-state index contributed by atoms with van der Waals surface area (Å²) in [6.45, 7) is 8.16. The van der Waals surface area contributed by atoms with Crippen molar-refractivity contribution in [2.45, 2.75) is 45.9 Å². The molecule has 0 unspecified atom stereocenters. The van der Waals surface area contributed by atoms with Crippen LogP contribution in [0.1, 0.15) is 36.8 Å². The van der Waals surface area contributed by atoms with Gasteiger partial charge in [-0.2, -0.15) is 0 Å². The average Bonchev–Trinajstić information content (AvgIpc) is 3.04. The largest absolute Gasteiger partial charge is 0.371 e. The molecule has 4 nitrogen and oxygen atoms in total. The standard InChI is InChI=1S/C19H27N3OS.HI/c1-19(2,3)23-14-16-7-4-6-15(12-16)13-22-18(20)21-10-9-17-8-5-11-24-17;/h4-8,11-12H,9-10,13-14H2,1-3H3,(H3,20,21,22);1H. The first-order valence-corrected chi connectivity index (χ1v) is 9.08. The van der Waals surface area contributed by atoms with Crippen molar-refractivity contribution in [2.75, 3.05) is 6.54 Å². The average molecular weight is 473 g/mol. The number of nitrogens with two attached hydrogens (primary N) is 1. The Kier molecular flexibility index (Phi) is 9.45. The second kappa shape index (κ2) is 10.8. The SMILES string of the molecule is CC(C)(C)OCc1cccc(CN=C(N)NCCc2cccs2)c1.I. The fraction of sp³-hybridized carbons (Fsp3) is 0.421. The zero-order valence-electron chi connectivity index (χ0n) is 15.1. The van der Waals surface area contributed by atoms with Gasteiger partial charge in [-0.3, -0.25) is 0 Å². The van der Waals surface area contributed by atoms with E-state index < -0.39 is 0 Å². The molecular formula is C19H28IN3OS. The van der Waals surface area contributed by atoms with Gasteiger partial charge in [0.15, 0.2) is 5.96 Å². The van der Waals surface area contributed by atoms with Crippen molar-refractivity contribution in [3.63, 3.8) is 0 Å². The Morgan fingerprint density at radius 2 is 1.96 bits per heavy atom. The van der Waals surface area contributed by atoms with Crippen LogP contribution in [0.5, 0.6) is 0 Å². The molecule has 0 aliphatic heterocycles. The molecule has 0 amide bonds. The summed E-state index contributed by atoms with van der Waals surface area (Å²) in [4.78, 5) is 5.76. The van der Waals surface area contributed by atoms with Crippen LogP contribution < -0.4 is 11.1 Å². The van der Waals surface area contributed by atoms with Crippen LogP contribution in [0.25, 0.3) is 0 Å². The van der Waals surface area contributed by atoms with E-state index in [1.807, 2.05) is 6.07 Å². The van der Waals surface area contributed by atoms with Crippen LogP contribution in [0.4, 0.5) is 0 Å². The molecule has 25 heavy (non-hydrogen) atoms. The van der Waals surface area contributed by atoms with E-state index in [9.17, 15) is 0 Å². The van der Waals surface area contributed by atoms with Crippen molar-refractivity contribution in [3.8, 4) is 0 Å². The third kappa shape index (κ3) is 9.23. The van der Waals surface area contributed by atoms with Gasteiger partial charge in [0.25, 0.3) is 0 Å². The van der Waals surface area contributed by atoms with Gasteiger partial charge in [0.2, 0.25) is 0 Å². The molecule has 1 heterocycles. The quantitative estimate of drug-likeness (QED) is 0.358. The highest BCUT2D eigenvalue weighted by Crippen LogP contribution is 2.13. The predicted molar refractivity (Wildman–Crippen MR) is 118 cm³/mol. The van der Waals surface area contributed by atoms with Crippen molar-refractivity contribution < 1.29 is 4.74 Å². The normalized spacial score (nSPS) is 11.9. The van der Waals surface area contributed by atoms with E-state index in [0.717, 1.165) is 24.1 Å². The monoisotopic (exact) mass is 473 g/mol. The van der Waals surface area contributed by atoms with E-state index in [0.29, 0.717) is 19.1 Å². The van der Waals surface area contributed by atoms with Gasteiger partial charge in [0.05, 0.1) is 18.8 Å². The number of hydrogen-bond acceptors (Lipinski definition) is 3. The number of aliphatic imine (C=N–C) groups is 1. The summed E-state index contributed by atoms with van der Waals surface area (Å²) in [6.07, 6.45) is 0.966. The number of hydrogen-bond donors (Lipinski definition) is 2. The van der Waals surface area contributed by atoms with Gasteiger partial charge >= 0.3 is 0 Å². The molecule has 0 aliphatic carbocycles. The smallest absolute Gasteiger partial charge is 0.188 e. The first kappa shape index (κ1) is 21.9. The van der Waals surface area contributed by atoms with Crippen LogP contribution in [0.2, 0.25) is 0 Å². The maximum atomic E-state index is 5.93. The van der Waals surface area contributed by atoms with E-state index in [-0.39, 0.29) is 29.6 Å². The lowest BCUT2D eigenvalue weighted by atomic mass is 10.1. The third-order valence-electron chi connectivity index (χ3n) is 3.35. The van der Waals surface area contributed by atoms with Gasteiger partial charge in [-0.1, -0.05) is 30.3 Å². The molecule has 0 saturated carbocycles. The van der Waals surface area contributed by atoms with Crippen molar-refractivity contribution >= 4 is 41.3 Å². The molecule has 6 heteroatoms. The molecule has 1 aromatic carbocycles. The molecule has 0 fully saturated rings. The Bertz CT molecular complexity index is 651. The van der Waals surface area contributed by atoms with Crippen LogP contribution in [0.15, 0.2) is 46.8 Å². The summed E-state index contributed by atoms with van der Waals surface area (Å²) in [5.74, 6) is 0.489. The molecule has 0 saturated heterocycles. The first-order valence-electron chi connectivity index (χ1n) is 8.20. The molecule has 0 bridgehead atoms. The van der Waals surface area contributed by atoms with Gasteiger partial charge in [-0.25, -0.2) is 4.99 Å². The van der Waals surface area contributed by atoms with Gasteiger partial charge in [0.1, 0.15) is 0 Å². The molecule has 2 aromatic rings. The van der Waals surface area contributed by atoms with Crippen molar-refractivity contribution in [3.05, 3.63) is 57.8 Å². The molecule has 0 atom stereocenters. The minimum Gasteiger partial charge on any atom is -0.371 e. The summed E-state index contributed by atoms with van der Waals surface area (Å²) in [6, 6.07) is 12.5. The molecule has 3 N–H and O–H groups in total. The minimum atomic E-state index is -0.134. The Morgan fingerprint density at radius 3 is 2.64 bits per heavy atom. The number of ether oxygens (including phenoxy) is 1. The number of nitrogens with one attached hydrogen (secondary N) is 1. The third-order valence-corrected chi connectivity index (χ3v) is 4.29. The highest BCUT2D eigenvalue weighted by molar-refractivity contribution is 14.0. The molecule has 2 rings (SSSR count). The summed E-state index contributed by atoms with van der Waals surface area (Å²) in [5.41, 5.74) is 8.09. The molecule has 0 aliphatic rings. The lowest BCUT2D eigenvalue weighted by Crippen LogP contribution is -2.33. The summed E-state index contributed by atoms with van der Waals surface area (Å²) >= 11 is 1.76. The second-order valence-corrected chi connectivity index (χ2v) is 7.71. The van der Waals surface area contributed by atoms with Crippen LogP contribution in [0, 0.1) is 0 Å². The number of rotatable bonds is 7.